The Labute approximate surface area is 177 Å². The Hall–Kier alpha value is -3.15. The van der Waals surface area contributed by atoms with Gasteiger partial charge in [0, 0.05) is 12.5 Å². The van der Waals surface area contributed by atoms with Gasteiger partial charge in [0.2, 0.25) is 5.91 Å². The molecule has 0 aliphatic heterocycles. The van der Waals surface area contributed by atoms with Crippen molar-refractivity contribution in [1.29, 1.82) is 0 Å². The Bertz CT molecular complexity index is 807. The van der Waals surface area contributed by atoms with Gasteiger partial charge in [-0.25, -0.2) is 0 Å². The molecule has 0 radical (unpaired) electrons. The van der Waals surface area contributed by atoms with Gasteiger partial charge in [0.25, 0.3) is 0 Å². The molecule has 1 unspecified atom stereocenters. The van der Waals surface area contributed by atoms with Crippen molar-refractivity contribution < 1.29 is 24.2 Å². The molecule has 2 rings (SSSR count). The van der Waals surface area contributed by atoms with Crippen LogP contribution in [0.2, 0.25) is 0 Å². The van der Waals surface area contributed by atoms with Crippen LogP contribution < -0.4 is 5.32 Å². The standard InChI is InChI=1S/C24H29NO5/c1-2-30-24(29)21(16-19-11-7-4-8-12-19)17-20(15-18-9-5-3-6-10-18)23(28)25-14-13-22(26)27/h3-12,20-21H,2,13-17H2,1H3,(H,25,28)(H,26,27)/t20?,21-/m0/s1. The van der Waals surface area contributed by atoms with Crippen molar-refractivity contribution in [3.63, 3.8) is 0 Å². The lowest BCUT2D eigenvalue weighted by Gasteiger charge is -2.22. The molecule has 160 valence electrons. The summed E-state index contributed by atoms with van der Waals surface area (Å²) in [6, 6.07) is 19.2. The van der Waals surface area contributed by atoms with Crippen LogP contribution in [0.15, 0.2) is 60.7 Å². The van der Waals surface area contributed by atoms with Gasteiger partial charge in [-0.3, -0.25) is 14.4 Å². The van der Waals surface area contributed by atoms with Crippen molar-refractivity contribution in [2.75, 3.05) is 13.2 Å². The summed E-state index contributed by atoms with van der Waals surface area (Å²) >= 11 is 0. The molecule has 2 N–H and O–H groups in total. The Balaban J connectivity index is 2.17. The number of benzene rings is 2. The molecule has 6 heteroatoms. The first-order valence-corrected chi connectivity index (χ1v) is 10.2. The first kappa shape index (κ1) is 23.1. The van der Waals surface area contributed by atoms with E-state index in [1.54, 1.807) is 6.92 Å². The van der Waals surface area contributed by atoms with Crippen molar-refractivity contribution in [3.8, 4) is 0 Å². The summed E-state index contributed by atoms with van der Waals surface area (Å²) in [5.41, 5.74) is 1.98. The van der Waals surface area contributed by atoms with Gasteiger partial charge in [0.05, 0.1) is 18.9 Å². The van der Waals surface area contributed by atoms with Gasteiger partial charge in [0.15, 0.2) is 0 Å². The van der Waals surface area contributed by atoms with E-state index >= 15 is 0 Å². The van der Waals surface area contributed by atoms with Crippen LogP contribution in [0.4, 0.5) is 0 Å². The smallest absolute Gasteiger partial charge is 0.309 e. The summed E-state index contributed by atoms with van der Waals surface area (Å²) in [5, 5.41) is 11.5. The van der Waals surface area contributed by atoms with Crippen LogP contribution in [0.25, 0.3) is 0 Å². The zero-order valence-electron chi connectivity index (χ0n) is 17.3. The van der Waals surface area contributed by atoms with E-state index < -0.39 is 17.8 Å². The number of carbonyl (C=O) groups is 3. The number of nitrogens with one attached hydrogen (secondary N) is 1. The van der Waals surface area contributed by atoms with Crippen molar-refractivity contribution in [2.24, 2.45) is 11.8 Å². The third-order valence-corrected chi connectivity index (χ3v) is 4.85. The van der Waals surface area contributed by atoms with Crippen molar-refractivity contribution in [3.05, 3.63) is 71.8 Å². The summed E-state index contributed by atoms with van der Waals surface area (Å²) in [6.07, 6.45) is 1.12. The quantitative estimate of drug-likeness (QED) is 0.523. The van der Waals surface area contributed by atoms with E-state index in [0.717, 1.165) is 11.1 Å². The van der Waals surface area contributed by atoms with E-state index in [0.29, 0.717) is 19.3 Å². The van der Waals surface area contributed by atoms with Crippen molar-refractivity contribution in [2.45, 2.75) is 32.6 Å². The lowest BCUT2D eigenvalue weighted by molar-refractivity contribution is -0.148. The van der Waals surface area contributed by atoms with Crippen LogP contribution in [0.1, 0.15) is 30.9 Å². The van der Waals surface area contributed by atoms with Crippen LogP contribution in [-0.4, -0.2) is 36.1 Å². The number of amides is 1. The number of hydrogen-bond donors (Lipinski definition) is 2. The second-order valence-electron chi connectivity index (χ2n) is 7.20. The zero-order chi connectivity index (χ0) is 21.8. The number of carboxylic acid groups (broad SMARTS) is 1. The molecule has 0 saturated carbocycles. The fourth-order valence-corrected chi connectivity index (χ4v) is 3.38. The minimum absolute atomic E-state index is 0.0578. The largest absolute Gasteiger partial charge is 0.481 e. The molecule has 0 aliphatic rings. The molecule has 6 nitrogen and oxygen atoms in total. The van der Waals surface area contributed by atoms with Gasteiger partial charge in [-0.15, -0.1) is 0 Å². The van der Waals surface area contributed by atoms with Gasteiger partial charge < -0.3 is 15.2 Å². The molecule has 0 bridgehead atoms. The highest BCUT2D eigenvalue weighted by Crippen LogP contribution is 2.23. The lowest BCUT2D eigenvalue weighted by atomic mass is 9.85. The summed E-state index contributed by atoms with van der Waals surface area (Å²) in [6.45, 7) is 2.10. The summed E-state index contributed by atoms with van der Waals surface area (Å²) in [5.74, 6) is -2.48. The molecule has 30 heavy (non-hydrogen) atoms. The number of ether oxygens (including phenoxy) is 1. The molecule has 0 heterocycles. The Kier molecular flexibility index (Phi) is 9.58. The average Bonchev–Trinajstić information content (AvgIpc) is 2.74. The normalized spacial score (nSPS) is 12.6. The molecule has 2 aromatic carbocycles. The second-order valence-corrected chi connectivity index (χ2v) is 7.20. The van der Waals surface area contributed by atoms with Crippen LogP contribution in [0, 0.1) is 11.8 Å². The lowest BCUT2D eigenvalue weighted by Crippen LogP contribution is -2.36. The summed E-state index contributed by atoms with van der Waals surface area (Å²) in [4.78, 5) is 36.2. The Morgan fingerprint density at radius 3 is 1.93 bits per heavy atom. The number of carbonyl (C=O) groups excluding carboxylic acids is 2. The van der Waals surface area contributed by atoms with Gasteiger partial charge in [-0.1, -0.05) is 60.7 Å². The predicted octanol–water partition coefficient (Wildman–Crippen LogP) is 3.25. The number of rotatable bonds is 12. The Morgan fingerprint density at radius 2 is 1.43 bits per heavy atom. The topological polar surface area (TPSA) is 92.7 Å². The van der Waals surface area contributed by atoms with Crippen LogP contribution in [0.3, 0.4) is 0 Å². The highest BCUT2D eigenvalue weighted by Gasteiger charge is 2.29. The molecule has 0 fully saturated rings. The molecule has 1 amide bonds. The van der Waals surface area contributed by atoms with E-state index in [9.17, 15) is 14.4 Å². The minimum atomic E-state index is -0.969. The fourth-order valence-electron chi connectivity index (χ4n) is 3.38. The third-order valence-electron chi connectivity index (χ3n) is 4.85. The molecular formula is C24H29NO5. The van der Waals surface area contributed by atoms with Gasteiger partial charge in [0.1, 0.15) is 0 Å². The fraction of sp³-hybridized carbons (Fsp3) is 0.375. The average molecular weight is 411 g/mol. The molecule has 0 aliphatic carbocycles. The maximum Gasteiger partial charge on any atom is 0.309 e. The van der Waals surface area contributed by atoms with E-state index in [1.165, 1.54) is 0 Å². The van der Waals surface area contributed by atoms with E-state index in [1.807, 2.05) is 60.7 Å². The van der Waals surface area contributed by atoms with Gasteiger partial charge >= 0.3 is 11.9 Å². The van der Waals surface area contributed by atoms with Crippen LogP contribution in [0.5, 0.6) is 0 Å². The maximum atomic E-state index is 12.8. The zero-order valence-corrected chi connectivity index (χ0v) is 17.3. The van der Waals surface area contributed by atoms with Crippen molar-refractivity contribution >= 4 is 17.8 Å². The monoisotopic (exact) mass is 411 g/mol. The molecule has 0 aromatic heterocycles. The second kappa shape index (κ2) is 12.4. The SMILES string of the molecule is CCOC(=O)[C@@H](Cc1ccccc1)CC(Cc1ccccc1)C(=O)NCCC(=O)O. The maximum absolute atomic E-state index is 12.8. The molecule has 0 spiro atoms. The molecule has 2 aromatic rings. The summed E-state index contributed by atoms with van der Waals surface area (Å²) in [7, 11) is 0. The highest BCUT2D eigenvalue weighted by atomic mass is 16.5. The third kappa shape index (κ3) is 8.07. The number of aliphatic carboxylic acids is 1. The molecule has 0 saturated heterocycles. The van der Waals surface area contributed by atoms with Gasteiger partial charge in [-0.2, -0.15) is 0 Å². The van der Waals surface area contributed by atoms with E-state index in [2.05, 4.69) is 5.32 Å². The van der Waals surface area contributed by atoms with Crippen molar-refractivity contribution in [1.82, 2.24) is 5.32 Å². The summed E-state index contributed by atoms with van der Waals surface area (Å²) < 4.78 is 5.27. The van der Waals surface area contributed by atoms with Gasteiger partial charge in [-0.05, 0) is 37.3 Å². The van der Waals surface area contributed by atoms with E-state index in [4.69, 9.17) is 9.84 Å². The molecular weight excluding hydrogens is 382 g/mol. The minimum Gasteiger partial charge on any atom is -0.481 e. The van der Waals surface area contributed by atoms with Crippen LogP contribution >= 0.6 is 0 Å². The highest BCUT2D eigenvalue weighted by molar-refractivity contribution is 5.81. The number of esters is 1. The Morgan fingerprint density at radius 1 is 0.900 bits per heavy atom. The number of hydrogen-bond acceptors (Lipinski definition) is 4. The predicted molar refractivity (Wildman–Crippen MR) is 114 cm³/mol. The van der Waals surface area contributed by atoms with E-state index in [-0.39, 0.29) is 31.4 Å². The first-order valence-electron chi connectivity index (χ1n) is 10.2. The first-order chi connectivity index (χ1) is 14.5. The molecule has 2 atom stereocenters. The number of carboxylic acids is 1. The van der Waals surface area contributed by atoms with Crippen LogP contribution in [-0.2, 0) is 32.0 Å².